The maximum atomic E-state index is 8.89. The smallest absolute Gasteiger partial charge is 0.0383 e. The van der Waals surface area contributed by atoms with Gasteiger partial charge < -0.3 is 21.2 Å². The Hall–Kier alpha value is -0.610. The number of aliphatic hydroxyl groups is 1. The van der Waals surface area contributed by atoms with Crippen LogP contribution in [0.4, 0.5) is 0 Å². The normalized spacial score (nSPS) is 4.43. The van der Waals surface area contributed by atoms with Gasteiger partial charge >= 0.3 is 0 Å². The number of quaternary nitrogens is 1. The van der Waals surface area contributed by atoms with Crippen LogP contribution in [0.3, 0.4) is 0 Å². The molecule has 5 N–H and O–H groups in total. The van der Waals surface area contributed by atoms with Gasteiger partial charge in [0.25, 0.3) is 0 Å². The minimum absolute atomic E-state index is 0. The number of aliphatic carboxylic acids is 1. The van der Waals surface area contributed by atoms with E-state index in [0.717, 1.165) is 14.0 Å². The monoisotopic (exact) mass is 109 g/mol. The molecule has 0 aromatic rings. The van der Waals surface area contributed by atoms with Crippen molar-refractivity contribution in [2.75, 3.05) is 7.11 Å². The van der Waals surface area contributed by atoms with E-state index in [0.29, 0.717) is 0 Å². The number of carbonyl (C=O) groups is 1. The van der Waals surface area contributed by atoms with E-state index in [1.165, 1.54) is 0 Å². The molecule has 0 spiro atoms. The van der Waals surface area contributed by atoms with Gasteiger partial charge in [0.15, 0.2) is 0 Å². The van der Waals surface area contributed by atoms with Crippen molar-refractivity contribution >= 4 is 5.97 Å². The van der Waals surface area contributed by atoms with Crippen LogP contribution in [0, 0.1) is 0 Å². The van der Waals surface area contributed by atoms with Crippen LogP contribution in [-0.2, 0) is 4.79 Å². The van der Waals surface area contributed by atoms with Crippen molar-refractivity contribution < 1.29 is 15.0 Å². The summed E-state index contributed by atoms with van der Waals surface area (Å²) in [4.78, 5) is 8.89. The zero-order valence-corrected chi connectivity index (χ0v) is 4.76. The fraction of sp³-hybridized carbons (Fsp3) is 0.667. The second-order valence-electron chi connectivity index (χ2n) is 0.492. The van der Waals surface area contributed by atoms with Gasteiger partial charge in [-0.05, 0) is 6.92 Å². The summed E-state index contributed by atoms with van der Waals surface area (Å²) in [6.07, 6.45) is 0. The SMILES string of the molecule is CC(=O)[O-].CO.[NH4+]. The Morgan fingerprint density at radius 2 is 1.57 bits per heavy atom. The van der Waals surface area contributed by atoms with Crippen LogP contribution in [0.1, 0.15) is 6.92 Å². The van der Waals surface area contributed by atoms with Crippen LogP contribution in [0.15, 0.2) is 0 Å². The van der Waals surface area contributed by atoms with Gasteiger partial charge in [0, 0.05) is 13.1 Å². The van der Waals surface area contributed by atoms with Crippen molar-refractivity contribution in [3.8, 4) is 0 Å². The van der Waals surface area contributed by atoms with E-state index in [9.17, 15) is 0 Å². The molecule has 46 valence electrons. The largest absolute Gasteiger partial charge is 0.550 e. The second-order valence-corrected chi connectivity index (χ2v) is 0.492. The molecular formula is C3H11NO3. The standard InChI is InChI=1S/C2H4O2.CH4O.H3N/c1-2(3)4;1-2;/h1H3,(H,3,4);2H,1H3;1H3. The highest BCUT2D eigenvalue weighted by atomic mass is 16.4. The van der Waals surface area contributed by atoms with Crippen LogP contribution < -0.4 is 11.3 Å². The lowest BCUT2D eigenvalue weighted by Crippen LogP contribution is -2.16. The Morgan fingerprint density at radius 1 is 1.57 bits per heavy atom. The van der Waals surface area contributed by atoms with Crippen LogP contribution in [-0.4, -0.2) is 18.2 Å². The van der Waals surface area contributed by atoms with E-state index in [4.69, 9.17) is 15.0 Å². The summed E-state index contributed by atoms with van der Waals surface area (Å²) < 4.78 is 0. The molecule has 7 heavy (non-hydrogen) atoms. The zero-order valence-electron chi connectivity index (χ0n) is 4.76. The second kappa shape index (κ2) is 18.2. The van der Waals surface area contributed by atoms with Crippen molar-refractivity contribution in [1.82, 2.24) is 6.15 Å². The van der Waals surface area contributed by atoms with Crippen LogP contribution >= 0.6 is 0 Å². The Morgan fingerprint density at radius 3 is 1.57 bits per heavy atom. The molecule has 0 aromatic carbocycles. The molecular weight excluding hydrogens is 98.0 g/mol. The predicted molar refractivity (Wildman–Crippen MR) is 24.8 cm³/mol. The summed E-state index contributed by atoms with van der Waals surface area (Å²) in [7, 11) is 1.00. The van der Waals surface area contributed by atoms with Crippen molar-refractivity contribution in [3.05, 3.63) is 0 Å². The van der Waals surface area contributed by atoms with E-state index >= 15 is 0 Å². The Bertz CT molecular complexity index is 33.2. The van der Waals surface area contributed by atoms with E-state index in [2.05, 4.69) is 0 Å². The molecule has 0 saturated carbocycles. The highest BCUT2D eigenvalue weighted by molar-refractivity contribution is 5.60. The molecule has 4 heteroatoms. The molecule has 0 aliphatic heterocycles. The van der Waals surface area contributed by atoms with Crippen LogP contribution in [0.2, 0.25) is 0 Å². The van der Waals surface area contributed by atoms with Gasteiger partial charge in [0.2, 0.25) is 0 Å². The average molecular weight is 109 g/mol. The van der Waals surface area contributed by atoms with E-state index < -0.39 is 5.97 Å². The maximum Gasteiger partial charge on any atom is 0.0383 e. The van der Waals surface area contributed by atoms with Gasteiger partial charge in [0.1, 0.15) is 0 Å². The van der Waals surface area contributed by atoms with E-state index in [1.807, 2.05) is 0 Å². The first kappa shape index (κ1) is 16.2. The fourth-order valence-corrected chi connectivity index (χ4v) is 0. The van der Waals surface area contributed by atoms with E-state index in [1.54, 1.807) is 0 Å². The topological polar surface area (TPSA) is 96.9 Å². The summed E-state index contributed by atoms with van der Waals surface area (Å²) in [5, 5.41) is 15.9. The Balaban J connectivity index is -0.0000000480. The molecule has 0 heterocycles. The molecule has 0 bridgehead atoms. The maximum absolute atomic E-state index is 8.89. The van der Waals surface area contributed by atoms with Crippen LogP contribution in [0.25, 0.3) is 0 Å². The summed E-state index contributed by atoms with van der Waals surface area (Å²) in [5.41, 5.74) is 0. The first-order valence-corrected chi connectivity index (χ1v) is 1.36. The number of carboxylic acids is 1. The predicted octanol–water partition coefficient (Wildman–Crippen LogP) is -1.26. The summed E-state index contributed by atoms with van der Waals surface area (Å²) in [6, 6.07) is 0. The number of hydrogen-bond donors (Lipinski definition) is 2. The highest BCUT2D eigenvalue weighted by Gasteiger charge is 1.46. The van der Waals surface area contributed by atoms with Gasteiger partial charge in [0.05, 0.1) is 0 Å². The molecule has 0 rings (SSSR count). The van der Waals surface area contributed by atoms with Gasteiger partial charge in [-0.2, -0.15) is 0 Å². The van der Waals surface area contributed by atoms with Gasteiger partial charge in [-0.15, -0.1) is 0 Å². The number of aliphatic hydroxyl groups excluding tert-OH is 1. The molecule has 0 aliphatic carbocycles. The third-order valence-electron chi connectivity index (χ3n) is 0. The third-order valence-corrected chi connectivity index (χ3v) is 0. The molecule has 4 nitrogen and oxygen atoms in total. The first-order valence-electron chi connectivity index (χ1n) is 1.36. The lowest BCUT2D eigenvalue weighted by atomic mass is 10.9. The molecule has 0 aromatic heterocycles. The molecule has 0 unspecified atom stereocenters. The fourth-order valence-electron chi connectivity index (χ4n) is 0. The Kier molecular flexibility index (Phi) is 42.0. The van der Waals surface area contributed by atoms with Crippen molar-refractivity contribution in [3.63, 3.8) is 0 Å². The molecule has 0 atom stereocenters. The average Bonchev–Trinajstić information content (AvgIpc) is 1.41. The highest BCUT2D eigenvalue weighted by Crippen LogP contribution is 1.31. The zero-order chi connectivity index (χ0) is 5.58. The number of carbonyl (C=O) groups excluding carboxylic acids is 1. The first-order chi connectivity index (χ1) is 2.73. The summed E-state index contributed by atoms with van der Waals surface area (Å²) in [6.45, 7) is 0.972. The number of rotatable bonds is 0. The molecule has 0 fully saturated rings. The van der Waals surface area contributed by atoms with Crippen molar-refractivity contribution in [2.45, 2.75) is 6.92 Å². The quantitative estimate of drug-likeness (QED) is 0.406. The molecule has 0 aliphatic rings. The third kappa shape index (κ3) is 166. The molecule has 0 saturated heterocycles. The van der Waals surface area contributed by atoms with Gasteiger partial charge in [-0.25, -0.2) is 0 Å². The Labute approximate surface area is 42.4 Å². The number of carboxylic acid groups (broad SMARTS) is 1. The summed E-state index contributed by atoms with van der Waals surface area (Å²) >= 11 is 0. The minimum Gasteiger partial charge on any atom is -0.550 e. The van der Waals surface area contributed by atoms with Crippen LogP contribution in [0.5, 0.6) is 0 Å². The number of hydrogen-bond acceptors (Lipinski definition) is 3. The summed E-state index contributed by atoms with van der Waals surface area (Å²) in [5.74, 6) is -1.08. The lowest BCUT2D eigenvalue weighted by molar-refractivity contribution is -0.302. The van der Waals surface area contributed by atoms with Crippen molar-refractivity contribution in [1.29, 1.82) is 0 Å². The minimum atomic E-state index is -1.08. The molecule has 0 amide bonds. The van der Waals surface area contributed by atoms with Crippen molar-refractivity contribution in [2.24, 2.45) is 0 Å². The van der Waals surface area contributed by atoms with Gasteiger partial charge in [-0.3, -0.25) is 0 Å². The lowest BCUT2D eigenvalue weighted by Gasteiger charge is -1.77. The van der Waals surface area contributed by atoms with E-state index in [-0.39, 0.29) is 6.15 Å². The van der Waals surface area contributed by atoms with Gasteiger partial charge in [-0.1, -0.05) is 0 Å². The molecule has 0 radical (unpaired) electrons.